The van der Waals surface area contributed by atoms with Crippen molar-refractivity contribution in [1.29, 1.82) is 5.41 Å². The van der Waals surface area contributed by atoms with Gasteiger partial charge in [-0.1, -0.05) is 76.6 Å². The monoisotopic (exact) mass is 894 g/mol. The van der Waals surface area contributed by atoms with Gasteiger partial charge in [0.2, 0.25) is 0 Å². The summed E-state index contributed by atoms with van der Waals surface area (Å²) < 4.78 is 14.7. The zero-order valence-electron chi connectivity index (χ0n) is 34.4. The van der Waals surface area contributed by atoms with E-state index >= 15 is 0 Å². The lowest BCUT2D eigenvalue weighted by molar-refractivity contribution is -0.119. The molecule has 2 aliphatic carbocycles. The van der Waals surface area contributed by atoms with E-state index in [1.165, 1.54) is 31.2 Å². The van der Waals surface area contributed by atoms with Crippen molar-refractivity contribution in [3.8, 4) is 23.4 Å². The number of alkyl halides is 1. The van der Waals surface area contributed by atoms with E-state index in [-0.39, 0.29) is 39.6 Å². The minimum Gasteiger partial charge on any atom is -0.577 e. The molecule has 2 aliphatic rings. The van der Waals surface area contributed by atoms with Crippen molar-refractivity contribution >= 4 is 71.2 Å². The second kappa shape index (κ2) is 19.5. The summed E-state index contributed by atoms with van der Waals surface area (Å²) in [4.78, 5) is 36.4. The number of H-pyrrole nitrogens is 1. The number of ether oxygens (including phenoxy) is 2. The number of ketones is 1. The molecule has 15 nitrogen and oxygen atoms in total. The van der Waals surface area contributed by atoms with Crippen LogP contribution in [0.15, 0.2) is 72.8 Å². The molecule has 1 atom stereocenters. The number of methoxy groups -OCH3 is 2. The lowest BCUT2D eigenvalue weighted by Gasteiger charge is -2.09. The molecular formula is C43H52BrN12O3P-2. The highest BCUT2D eigenvalue weighted by atomic mass is 79.9. The number of Topliss-reactive ketones (excluding diaryl/α,β-unsaturated/α-hetero) is 1. The van der Waals surface area contributed by atoms with Gasteiger partial charge in [-0.15, -0.1) is 0 Å². The average molecular weight is 896 g/mol. The Balaban J connectivity index is 0.000000190. The summed E-state index contributed by atoms with van der Waals surface area (Å²) in [5.41, 5.74) is 26.5. The topological polar surface area (TPSA) is 228 Å². The number of nitrogen functional groups attached to an aromatic ring is 3. The first-order valence-corrected chi connectivity index (χ1v) is 20.0. The first kappa shape index (κ1) is 45.2. The third kappa shape index (κ3) is 10.1. The van der Waals surface area contributed by atoms with Gasteiger partial charge in [0.15, 0.2) is 28.6 Å². The molecule has 0 aliphatic heterocycles. The Morgan fingerprint density at radius 2 is 1.43 bits per heavy atom. The molecule has 0 amide bonds. The lowest BCUT2D eigenvalue weighted by atomic mass is 10.1. The highest BCUT2D eigenvalue weighted by molar-refractivity contribution is 9.10. The van der Waals surface area contributed by atoms with Crippen molar-refractivity contribution < 1.29 is 14.3 Å². The fraction of sp³-hybridized carbons (Fsp3) is 0.302. The molecule has 60 heavy (non-hydrogen) atoms. The normalized spacial score (nSPS) is 13.5. The maximum atomic E-state index is 10.9. The SMILES string of the molecule is CC(Br)C(=O)C1CC1.COc1nc2c(N)cc(-c3nc(C4CC4)c(C)[nH]3)cc2n1Cc1ccccc1.COc1nc2c(N)nc(C(=N)N)nc2n1Cc1ccccc1.[CH3-].[PH2-]. The van der Waals surface area contributed by atoms with Crippen LogP contribution >= 0.6 is 25.8 Å². The molecule has 7 aromatic rings. The van der Waals surface area contributed by atoms with Crippen LogP contribution in [-0.2, 0) is 17.9 Å². The third-order valence-corrected chi connectivity index (χ3v) is 10.4. The van der Waals surface area contributed by atoms with Crippen molar-refractivity contribution in [3.05, 3.63) is 109 Å². The van der Waals surface area contributed by atoms with Crippen LogP contribution in [0.25, 0.3) is 33.6 Å². The van der Waals surface area contributed by atoms with E-state index in [0.717, 1.165) is 46.5 Å². The Morgan fingerprint density at radius 1 is 0.867 bits per heavy atom. The molecule has 9 rings (SSSR count). The van der Waals surface area contributed by atoms with E-state index in [4.69, 9.17) is 37.1 Å². The van der Waals surface area contributed by atoms with E-state index in [1.807, 2.05) is 61.5 Å². The number of carbonyl (C=O) groups is 1. The van der Waals surface area contributed by atoms with Gasteiger partial charge in [0, 0.05) is 23.1 Å². The Kier molecular flexibility index (Phi) is 14.7. The van der Waals surface area contributed by atoms with Crippen LogP contribution in [0.3, 0.4) is 0 Å². The molecule has 3 aromatic carbocycles. The molecule has 4 heterocycles. The largest absolute Gasteiger partial charge is 0.577 e. The third-order valence-electron chi connectivity index (χ3n) is 9.94. The molecular weight excluding hydrogens is 843 g/mol. The van der Waals surface area contributed by atoms with Crippen molar-refractivity contribution in [2.45, 2.75) is 63.4 Å². The second-order valence-corrected chi connectivity index (χ2v) is 15.8. The summed E-state index contributed by atoms with van der Waals surface area (Å²) in [6, 6.07) is 25.1. The number of fused-ring (bicyclic) bond motifs is 2. The number of aromatic nitrogens is 8. The lowest BCUT2D eigenvalue weighted by Crippen LogP contribution is -2.17. The number of aromatic amines is 1. The van der Waals surface area contributed by atoms with Crippen LogP contribution < -0.4 is 26.7 Å². The Morgan fingerprint density at radius 3 is 1.95 bits per heavy atom. The van der Waals surface area contributed by atoms with Crippen molar-refractivity contribution in [2.75, 3.05) is 25.7 Å². The molecule has 316 valence electrons. The molecule has 8 N–H and O–H groups in total. The Labute approximate surface area is 361 Å². The van der Waals surface area contributed by atoms with Gasteiger partial charge < -0.3 is 49.0 Å². The van der Waals surface area contributed by atoms with Gasteiger partial charge in [0.05, 0.1) is 49.0 Å². The maximum Gasteiger partial charge on any atom is 0.298 e. The summed E-state index contributed by atoms with van der Waals surface area (Å²) >= 11 is 3.23. The zero-order chi connectivity index (χ0) is 41.1. The predicted octanol–water partition coefficient (Wildman–Crippen LogP) is 7.53. The number of aryl methyl sites for hydroxylation is 1. The first-order chi connectivity index (χ1) is 27.9. The van der Waals surface area contributed by atoms with Gasteiger partial charge in [0.25, 0.3) is 12.0 Å². The molecule has 17 heteroatoms. The van der Waals surface area contributed by atoms with Crippen molar-refractivity contribution in [3.63, 3.8) is 0 Å². The van der Waals surface area contributed by atoms with Crippen LogP contribution in [0.1, 0.15) is 66.9 Å². The number of benzene rings is 3. The number of rotatable bonds is 11. The van der Waals surface area contributed by atoms with Gasteiger partial charge >= 0.3 is 0 Å². The van der Waals surface area contributed by atoms with Crippen molar-refractivity contribution in [1.82, 2.24) is 39.0 Å². The standard InChI is InChI=1S/C22H23N5O.C14H15N7O.C6H9BrO.CH3.H2P/c1-13-19(15-8-9-15)25-21(24-13)16-10-17(23)20-18(11-16)27(22(26-20)28-2)12-14-6-4-3-5-7-14;1-22-14-18-9-11(17)19-12(10(15)16)20-13(9)21(14)7-8-5-3-2-4-6-8;1-4(7)6(8)5-2-3-5;;/h3-7,10-11,15H,8-9,12,23H2,1-2H3,(H,24,25);2-6H,7H2,1H3,(H3,15,16)(H2,17,19,20);4-5H,2-3H2,1H3;1H3;1H2/q;;;2*-1. The number of nitrogens with one attached hydrogen (secondary N) is 2. The van der Waals surface area contributed by atoms with Crippen LogP contribution in [0.5, 0.6) is 12.0 Å². The van der Waals surface area contributed by atoms with E-state index in [2.05, 4.69) is 70.5 Å². The summed E-state index contributed by atoms with van der Waals surface area (Å²) in [7, 11) is 3.16. The average Bonchev–Trinajstić information content (AvgIpc) is 4.15. The van der Waals surface area contributed by atoms with Crippen LogP contribution in [0, 0.1) is 25.7 Å². The molecule has 2 saturated carbocycles. The number of carbonyl (C=O) groups excluding carboxylic acids is 1. The van der Waals surface area contributed by atoms with Gasteiger partial charge in [-0.3, -0.25) is 19.3 Å². The molecule has 0 bridgehead atoms. The fourth-order valence-electron chi connectivity index (χ4n) is 6.68. The second-order valence-electron chi connectivity index (χ2n) is 14.5. The van der Waals surface area contributed by atoms with Crippen LogP contribution in [0.2, 0.25) is 0 Å². The molecule has 0 spiro atoms. The smallest absolute Gasteiger partial charge is 0.298 e. The van der Waals surface area contributed by atoms with Gasteiger partial charge in [0.1, 0.15) is 17.1 Å². The molecule has 4 aromatic heterocycles. The number of hydrogen-bond donors (Lipinski definition) is 5. The van der Waals surface area contributed by atoms with E-state index in [0.29, 0.717) is 59.6 Å². The Hall–Kier alpha value is -5.86. The minimum atomic E-state index is -0.250. The molecule has 0 saturated heterocycles. The highest BCUT2D eigenvalue weighted by Crippen LogP contribution is 2.42. The summed E-state index contributed by atoms with van der Waals surface area (Å²) in [6.45, 7) is 5.15. The molecule has 1 unspecified atom stereocenters. The number of anilines is 2. The number of amidine groups is 1. The summed E-state index contributed by atoms with van der Waals surface area (Å²) in [5, 5.41) is 7.49. The Bertz CT molecular complexity index is 2580. The van der Waals surface area contributed by atoms with Crippen LogP contribution in [-0.4, -0.2) is 69.7 Å². The summed E-state index contributed by atoms with van der Waals surface area (Å²) in [6.07, 6.45) is 4.70. The summed E-state index contributed by atoms with van der Waals surface area (Å²) in [5.74, 6) is 2.24. The number of hydrogen-bond acceptors (Lipinski definition) is 11. The van der Waals surface area contributed by atoms with Crippen molar-refractivity contribution in [2.24, 2.45) is 11.7 Å². The quantitative estimate of drug-likeness (QED) is 0.0213. The predicted molar refractivity (Wildman–Crippen MR) is 246 cm³/mol. The van der Waals surface area contributed by atoms with Gasteiger partial charge in [-0.05, 0) is 62.8 Å². The zero-order valence-corrected chi connectivity index (χ0v) is 37.2. The van der Waals surface area contributed by atoms with E-state index in [1.54, 1.807) is 11.7 Å². The number of nitrogens with zero attached hydrogens (tertiary/aromatic N) is 7. The number of imidazole rings is 3. The first-order valence-electron chi connectivity index (χ1n) is 19.0. The van der Waals surface area contributed by atoms with E-state index < -0.39 is 0 Å². The maximum absolute atomic E-state index is 10.9. The molecule has 0 radical (unpaired) electrons. The van der Waals surface area contributed by atoms with Crippen LogP contribution in [0.4, 0.5) is 11.5 Å². The number of nitrogens with two attached hydrogens (primary N) is 3. The number of halogens is 1. The minimum absolute atomic E-state index is 0. The van der Waals surface area contributed by atoms with Gasteiger partial charge in [-0.25, -0.2) is 15.0 Å². The fourth-order valence-corrected chi connectivity index (χ4v) is 7.06. The molecule has 2 fully saturated rings. The highest BCUT2D eigenvalue weighted by Gasteiger charge is 2.31. The van der Waals surface area contributed by atoms with Gasteiger partial charge in [-0.2, -0.15) is 9.97 Å². The van der Waals surface area contributed by atoms with E-state index in [9.17, 15) is 4.79 Å².